The number of aryl methyl sites for hydroxylation is 1. The molecule has 0 saturated carbocycles. The van der Waals surface area contributed by atoms with Crippen molar-refractivity contribution in [3.05, 3.63) is 35.4 Å². The predicted molar refractivity (Wildman–Crippen MR) is 69.0 cm³/mol. The van der Waals surface area contributed by atoms with Gasteiger partial charge in [0.05, 0.1) is 6.61 Å². The third kappa shape index (κ3) is 3.50. The Bertz CT molecular complexity index is 363. The van der Waals surface area contributed by atoms with E-state index in [2.05, 4.69) is 5.32 Å². The van der Waals surface area contributed by atoms with Gasteiger partial charge in [-0.25, -0.2) is 0 Å². The molecule has 18 heavy (non-hydrogen) atoms. The van der Waals surface area contributed by atoms with Crippen molar-refractivity contribution in [2.24, 2.45) is 0 Å². The molecule has 1 fully saturated rings. The quantitative estimate of drug-likeness (QED) is 0.879. The third-order valence-electron chi connectivity index (χ3n) is 2.73. The Morgan fingerprint density at radius 1 is 1.33 bits per heavy atom. The first-order valence-corrected chi connectivity index (χ1v) is 6.38. The van der Waals surface area contributed by atoms with E-state index >= 15 is 0 Å². The monoisotopic (exact) mass is 257 g/mol. The van der Waals surface area contributed by atoms with E-state index in [1.54, 1.807) is 19.1 Å². The van der Waals surface area contributed by atoms with E-state index < -0.39 is 12.0 Å². The molecule has 1 aromatic carbocycles. The van der Waals surface area contributed by atoms with Crippen LogP contribution in [0.2, 0.25) is 0 Å². The molecule has 2 rings (SSSR count). The van der Waals surface area contributed by atoms with Crippen molar-refractivity contribution in [1.29, 1.82) is 0 Å². The van der Waals surface area contributed by atoms with Crippen LogP contribution in [0.5, 0.6) is 0 Å². The van der Waals surface area contributed by atoms with Crippen molar-refractivity contribution in [2.75, 3.05) is 19.7 Å². The van der Waals surface area contributed by atoms with Crippen molar-refractivity contribution in [2.45, 2.75) is 32.8 Å². The fraction of sp³-hybridized carbons (Fsp3) is 0.571. The lowest BCUT2D eigenvalue weighted by Gasteiger charge is -2.31. The number of alkyl halides is 2. The van der Waals surface area contributed by atoms with Crippen LogP contribution in [0, 0.1) is 6.92 Å². The topological polar surface area (TPSA) is 21.3 Å². The first-order chi connectivity index (χ1) is 8.60. The normalized spacial score (nSPS) is 19.9. The Balaban J connectivity index is 0.000000771. The first-order valence-electron chi connectivity index (χ1n) is 6.38. The second kappa shape index (κ2) is 6.81. The molecular formula is C14H21F2NO. The van der Waals surface area contributed by atoms with Gasteiger partial charge in [0.25, 0.3) is 5.92 Å². The van der Waals surface area contributed by atoms with Crippen molar-refractivity contribution < 1.29 is 13.5 Å². The van der Waals surface area contributed by atoms with Crippen molar-refractivity contribution in [1.82, 2.24) is 5.32 Å². The summed E-state index contributed by atoms with van der Waals surface area (Å²) >= 11 is 0. The number of hydrogen-bond acceptors (Lipinski definition) is 2. The summed E-state index contributed by atoms with van der Waals surface area (Å²) in [5, 5.41) is 2.92. The van der Waals surface area contributed by atoms with Crippen LogP contribution in [0.4, 0.5) is 8.78 Å². The van der Waals surface area contributed by atoms with Gasteiger partial charge in [-0.05, 0) is 6.92 Å². The summed E-state index contributed by atoms with van der Waals surface area (Å²) in [7, 11) is 0. The summed E-state index contributed by atoms with van der Waals surface area (Å²) in [6.45, 7) is 6.98. The van der Waals surface area contributed by atoms with Crippen LogP contribution in [0.25, 0.3) is 0 Å². The highest BCUT2D eigenvalue weighted by Gasteiger charge is 2.43. The summed E-state index contributed by atoms with van der Waals surface area (Å²) in [5.41, 5.74) is 0.863. The molecule has 1 aliphatic rings. The number of hydrogen-bond donors (Lipinski definition) is 1. The smallest absolute Gasteiger partial charge is 0.300 e. The maximum Gasteiger partial charge on any atom is 0.300 e. The van der Waals surface area contributed by atoms with Gasteiger partial charge in [-0.2, -0.15) is 8.78 Å². The molecule has 102 valence electrons. The lowest BCUT2D eigenvalue weighted by molar-refractivity contribution is -0.151. The van der Waals surface area contributed by atoms with Gasteiger partial charge in [0.2, 0.25) is 0 Å². The van der Waals surface area contributed by atoms with Crippen LogP contribution in [-0.4, -0.2) is 25.8 Å². The van der Waals surface area contributed by atoms with Gasteiger partial charge >= 0.3 is 0 Å². The summed E-state index contributed by atoms with van der Waals surface area (Å²) < 4.78 is 33.2. The number of morpholine rings is 1. The lowest BCUT2D eigenvalue weighted by Crippen LogP contribution is -2.47. The van der Waals surface area contributed by atoms with Crippen LogP contribution in [-0.2, 0) is 10.7 Å². The number of rotatable bonds is 2. The largest absolute Gasteiger partial charge is 0.369 e. The lowest BCUT2D eigenvalue weighted by atomic mass is 10.0. The molecule has 1 atom stereocenters. The highest BCUT2D eigenvalue weighted by atomic mass is 19.3. The highest BCUT2D eigenvalue weighted by Crippen LogP contribution is 2.34. The Labute approximate surface area is 107 Å². The minimum atomic E-state index is -2.93. The van der Waals surface area contributed by atoms with Crippen molar-refractivity contribution >= 4 is 0 Å². The van der Waals surface area contributed by atoms with Gasteiger partial charge in [-0.15, -0.1) is 0 Å². The minimum Gasteiger partial charge on any atom is -0.369 e. The fourth-order valence-corrected chi connectivity index (χ4v) is 1.84. The standard InChI is InChI=1S/C12H15F2NO.C2H6/c1-9-3-2-4-10(7-9)12(13,14)11-8-15-5-6-16-11;1-2/h2-4,7,11,15H,5-6,8H2,1H3;1-2H3. The third-order valence-corrected chi connectivity index (χ3v) is 2.73. The fourth-order valence-electron chi connectivity index (χ4n) is 1.84. The molecule has 0 radical (unpaired) electrons. The molecule has 0 spiro atoms. The van der Waals surface area contributed by atoms with Gasteiger partial charge in [-0.1, -0.05) is 43.7 Å². The Morgan fingerprint density at radius 3 is 2.61 bits per heavy atom. The van der Waals surface area contributed by atoms with Crippen LogP contribution in [0.15, 0.2) is 24.3 Å². The predicted octanol–water partition coefficient (Wildman–Crippen LogP) is 3.10. The van der Waals surface area contributed by atoms with Gasteiger partial charge < -0.3 is 10.1 Å². The summed E-state index contributed by atoms with van der Waals surface area (Å²) in [4.78, 5) is 0. The van der Waals surface area contributed by atoms with Gasteiger partial charge in [0.1, 0.15) is 6.10 Å². The van der Waals surface area contributed by atoms with Crippen LogP contribution in [0.3, 0.4) is 0 Å². The molecule has 1 aromatic rings. The van der Waals surface area contributed by atoms with Crippen molar-refractivity contribution in [3.63, 3.8) is 0 Å². The molecule has 1 saturated heterocycles. The molecule has 1 unspecified atom stereocenters. The number of ether oxygens (including phenoxy) is 1. The van der Waals surface area contributed by atoms with E-state index in [-0.39, 0.29) is 12.1 Å². The zero-order valence-electron chi connectivity index (χ0n) is 11.2. The SMILES string of the molecule is CC.Cc1cccc(C(F)(F)C2CNCCO2)c1. The van der Waals surface area contributed by atoms with E-state index in [1.165, 1.54) is 12.1 Å². The summed E-state index contributed by atoms with van der Waals surface area (Å²) in [6, 6.07) is 6.41. The molecule has 1 aliphatic heterocycles. The Hall–Kier alpha value is -1.00. The van der Waals surface area contributed by atoms with Crippen LogP contribution in [0.1, 0.15) is 25.0 Å². The number of benzene rings is 1. The maximum absolute atomic E-state index is 14.1. The molecule has 4 heteroatoms. The second-order valence-corrected chi connectivity index (χ2v) is 4.06. The Morgan fingerprint density at radius 2 is 2.06 bits per heavy atom. The number of nitrogens with one attached hydrogen (secondary N) is 1. The van der Waals surface area contributed by atoms with Gasteiger partial charge in [0, 0.05) is 18.7 Å². The molecule has 0 bridgehead atoms. The van der Waals surface area contributed by atoms with Gasteiger partial charge in [0.15, 0.2) is 0 Å². The molecular weight excluding hydrogens is 236 g/mol. The molecule has 1 heterocycles. The van der Waals surface area contributed by atoms with E-state index in [0.29, 0.717) is 13.2 Å². The maximum atomic E-state index is 14.1. The van der Waals surface area contributed by atoms with E-state index in [0.717, 1.165) is 5.56 Å². The zero-order valence-corrected chi connectivity index (χ0v) is 11.2. The number of halogens is 2. The zero-order chi connectivity index (χ0) is 13.6. The van der Waals surface area contributed by atoms with Crippen LogP contribution >= 0.6 is 0 Å². The average Bonchev–Trinajstić information content (AvgIpc) is 2.42. The summed E-state index contributed by atoms with van der Waals surface area (Å²) in [6.07, 6.45) is -1.07. The second-order valence-electron chi connectivity index (χ2n) is 4.06. The van der Waals surface area contributed by atoms with E-state index in [9.17, 15) is 8.78 Å². The summed E-state index contributed by atoms with van der Waals surface area (Å²) in [5.74, 6) is -2.93. The van der Waals surface area contributed by atoms with E-state index in [4.69, 9.17) is 4.74 Å². The van der Waals surface area contributed by atoms with Crippen LogP contribution < -0.4 is 5.32 Å². The van der Waals surface area contributed by atoms with E-state index in [1.807, 2.05) is 13.8 Å². The molecule has 1 N–H and O–H groups in total. The molecule has 0 aromatic heterocycles. The molecule has 0 amide bonds. The van der Waals surface area contributed by atoms with Gasteiger partial charge in [-0.3, -0.25) is 0 Å². The molecule has 2 nitrogen and oxygen atoms in total. The minimum absolute atomic E-state index is 0.0289. The first kappa shape index (κ1) is 15.1. The molecule has 0 aliphatic carbocycles. The Kier molecular flexibility index (Phi) is 5.69. The average molecular weight is 257 g/mol. The van der Waals surface area contributed by atoms with Crippen molar-refractivity contribution in [3.8, 4) is 0 Å². The highest BCUT2D eigenvalue weighted by molar-refractivity contribution is 5.27.